The molecule has 0 saturated heterocycles. The standard InChI is InChI=1S/C12H17Cl2FN2/c1-12(2,3)17-5-4-16-8-6-9(13)11(15)10(14)7-8/h6-7,16-17H,4-5H2,1-3H3. The minimum Gasteiger partial charge on any atom is -0.384 e. The summed E-state index contributed by atoms with van der Waals surface area (Å²) < 4.78 is 13.2. The van der Waals surface area contributed by atoms with Crippen LogP contribution in [0.4, 0.5) is 10.1 Å². The molecule has 0 aliphatic carbocycles. The highest BCUT2D eigenvalue weighted by Gasteiger charge is 2.09. The second kappa shape index (κ2) is 5.89. The molecule has 1 rings (SSSR count). The summed E-state index contributed by atoms with van der Waals surface area (Å²) in [6.07, 6.45) is 0. The summed E-state index contributed by atoms with van der Waals surface area (Å²) in [5.74, 6) is -0.577. The molecule has 0 radical (unpaired) electrons. The molecule has 0 heterocycles. The van der Waals surface area contributed by atoms with Gasteiger partial charge in [0.2, 0.25) is 0 Å². The van der Waals surface area contributed by atoms with Crippen LogP contribution in [0.3, 0.4) is 0 Å². The van der Waals surface area contributed by atoms with Gasteiger partial charge in [0.25, 0.3) is 0 Å². The van der Waals surface area contributed by atoms with Crippen LogP contribution in [0.2, 0.25) is 10.0 Å². The van der Waals surface area contributed by atoms with Gasteiger partial charge in [0.15, 0.2) is 5.82 Å². The van der Waals surface area contributed by atoms with E-state index in [1.54, 1.807) is 0 Å². The topological polar surface area (TPSA) is 24.1 Å². The van der Waals surface area contributed by atoms with E-state index in [9.17, 15) is 4.39 Å². The molecule has 0 spiro atoms. The molecule has 0 aliphatic rings. The maximum absolute atomic E-state index is 13.2. The quantitative estimate of drug-likeness (QED) is 0.644. The Morgan fingerprint density at radius 3 is 2.12 bits per heavy atom. The van der Waals surface area contributed by atoms with E-state index in [1.807, 2.05) is 0 Å². The van der Waals surface area contributed by atoms with Crippen molar-refractivity contribution in [2.24, 2.45) is 0 Å². The zero-order valence-corrected chi connectivity index (χ0v) is 11.7. The van der Waals surface area contributed by atoms with Gasteiger partial charge >= 0.3 is 0 Å². The number of rotatable bonds is 4. The maximum atomic E-state index is 13.2. The molecule has 1 aromatic rings. The second-order valence-corrected chi connectivity index (χ2v) is 5.67. The number of benzene rings is 1. The lowest BCUT2D eigenvalue weighted by Crippen LogP contribution is -2.38. The van der Waals surface area contributed by atoms with Crippen molar-refractivity contribution in [2.45, 2.75) is 26.3 Å². The van der Waals surface area contributed by atoms with Crippen molar-refractivity contribution in [3.8, 4) is 0 Å². The van der Waals surface area contributed by atoms with Gasteiger partial charge < -0.3 is 10.6 Å². The molecule has 5 heteroatoms. The van der Waals surface area contributed by atoms with Crippen LogP contribution in [0.15, 0.2) is 12.1 Å². The van der Waals surface area contributed by atoms with Crippen LogP contribution in [0.5, 0.6) is 0 Å². The molecule has 2 nitrogen and oxygen atoms in total. The van der Waals surface area contributed by atoms with E-state index in [4.69, 9.17) is 23.2 Å². The molecule has 0 bridgehead atoms. The van der Waals surface area contributed by atoms with Crippen LogP contribution in [-0.2, 0) is 0 Å². The van der Waals surface area contributed by atoms with Crippen molar-refractivity contribution in [1.29, 1.82) is 0 Å². The van der Waals surface area contributed by atoms with Gasteiger partial charge in [-0.25, -0.2) is 4.39 Å². The largest absolute Gasteiger partial charge is 0.384 e. The highest BCUT2D eigenvalue weighted by atomic mass is 35.5. The SMILES string of the molecule is CC(C)(C)NCCNc1cc(Cl)c(F)c(Cl)c1. The Kier molecular flexibility index (Phi) is 5.04. The first-order valence-electron chi connectivity index (χ1n) is 5.43. The van der Waals surface area contributed by atoms with Gasteiger partial charge in [0.1, 0.15) is 0 Å². The van der Waals surface area contributed by atoms with E-state index in [0.717, 1.165) is 18.8 Å². The molecule has 0 saturated carbocycles. The number of anilines is 1. The van der Waals surface area contributed by atoms with Crippen LogP contribution in [-0.4, -0.2) is 18.6 Å². The van der Waals surface area contributed by atoms with E-state index in [2.05, 4.69) is 31.4 Å². The third-order valence-electron chi connectivity index (χ3n) is 2.09. The monoisotopic (exact) mass is 278 g/mol. The molecule has 0 unspecified atom stereocenters. The fourth-order valence-electron chi connectivity index (χ4n) is 1.30. The molecule has 2 N–H and O–H groups in total. The van der Waals surface area contributed by atoms with Gasteiger partial charge in [0, 0.05) is 24.3 Å². The number of hydrogen-bond acceptors (Lipinski definition) is 2. The number of hydrogen-bond donors (Lipinski definition) is 2. The summed E-state index contributed by atoms with van der Waals surface area (Å²) in [5.41, 5.74) is 0.803. The van der Waals surface area contributed by atoms with Gasteiger partial charge in [0.05, 0.1) is 10.0 Å². The van der Waals surface area contributed by atoms with Crippen molar-refractivity contribution >= 4 is 28.9 Å². The zero-order chi connectivity index (χ0) is 13.1. The zero-order valence-electron chi connectivity index (χ0n) is 10.2. The Morgan fingerprint density at radius 1 is 1.12 bits per heavy atom. The van der Waals surface area contributed by atoms with Gasteiger partial charge in [-0.1, -0.05) is 23.2 Å². The minimum atomic E-state index is -0.577. The molecule has 0 aliphatic heterocycles. The predicted octanol–water partition coefficient (Wildman–Crippen LogP) is 3.93. The number of nitrogens with one attached hydrogen (secondary N) is 2. The van der Waals surface area contributed by atoms with Crippen LogP contribution in [0.25, 0.3) is 0 Å². The molecule has 0 atom stereocenters. The smallest absolute Gasteiger partial charge is 0.160 e. The summed E-state index contributed by atoms with van der Waals surface area (Å²) in [4.78, 5) is 0. The molecule has 96 valence electrons. The first-order valence-corrected chi connectivity index (χ1v) is 6.18. The normalized spacial score (nSPS) is 11.6. The van der Waals surface area contributed by atoms with Crippen LogP contribution < -0.4 is 10.6 Å². The van der Waals surface area contributed by atoms with Crippen LogP contribution >= 0.6 is 23.2 Å². The molecular weight excluding hydrogens is 262 g/mol. The van der Waals surface area contributed by atoms with Gasteiger partial charge in [-0.2, -0.15) is 0 Å². The second-order valence-electron chi connectivity index (χ2n) is 4.86. The van der Waals surface area contributed by atoms with E-state index in [0.29, 0.717) is 0 Å². The Hall–Kier alpha value is -0.510. The number of halogens is 3. The Morgan fingerprint density at radius 2 is 1.65 bits per heavy atom. The lowest BCUT2D eigenvalue weighted by atomic mass is 10.1. The van der Waals surface area contributed by atoms with E-state index in [1.165, 1.54) is 12.1 Å². The minimum absolute atomic E-state index is 0.0313. The summed E-state index contributed by atoms with van der Waals surface area (Å²) in [5, 5.41) is 6.52. The lowest BCUT2D eigenvalue weighted by molar-refractivity contribution is 0.435. The molecule has 0 fully saturated rings. The first-order chi connectivity index (χ1) is 7.79. The van der Waals surface area contributed by atoms with E-state index >= 15 is 0 Å². The van der Waals surface area contributed by atoms with Crippen molar-refractivity contribution in [2.75, 3.05) is 18.4 Å². The predicted molar refractivity (Wildman–Crippen MR) is 72.7 cm³/mol. The van der Waals surface area contributed by atoms with E-state index < -0.39 is 5.82 Å². The van der Waals surface area contributed by atoms with Crippen molar-refractivity contribution in [3.05, 3.63) is 28.0 Å². The van der Waals surface area contributed by atoms with Crippen molar-refractivity contribution in [1.82, 2.24) is 5.32 Å². The fourth-order valence-corrected chi connectivity index (χ4v) is 1.79. The third kappa shape index (κ3) is 5.11. The Labute approximate surface area is 111 Å². The van der Waals surface area contributed by atoms with Gasteiger partial charge in [-0.3, -0.25) is 0 Å². The van der Waals surface area contributed by atoms with Gasteiger partial charge in [-0.15, -0.1) is 0 Å². The summed E-state index contributed by atoms with van der Waals surface area (Å²) >= 11 is 11.4. The highest BCUT2D eigenvalue weighted by Crippen LogP contribution is 2.27. The van der Waals surface area contributed by atoms with E-state index in [-0.39, 0.29) is 15.6 Å². The van der Waals surface area contributed by atoms with Crippen molar-refractivity contribution in [3.63, 3.8) is 0 Å². The average molecular weight is 279 g/mol. The average Bonchev–Trinajstić information content (AvgIpc) is 2.19. The first kappa shape index (κ1) is 14.6. The van der Waals surface area contributed by atoms with Crippen molar-refractivity contribution < 1.29 is 4.39 Å². The molecule has 17 heavy (non-hydrogen) atoms. The summed E-state index contributed by atoms with van der Waals surface area (Å²) in [7, 11) is 0. The molecule has 0 amide bonds. The van der Waals surface area contributed by atoms with Crippen LogP contribution in [0, 0.1) is 5.82 Å². The molecular formula is C12H17Cl2FN2. The highest BCUT2D eigenvalue weighted by molar-refractivity contribution is 6.35. The fraction of sp³-hybridized carbons (Fsp3) is 0.500. The maximum Gasteiger partial charge on any atom is 0.160 e. The molecule has 0 aromatic heterocycles. The summed E-state index contributed by atoms with van der Waals surface area (Å²) in [6, 6.07) is 3.06. The Balaban J connectivity index is 2.48. The van der Waals surface area contributed by atoms with Crippen LogP contribution in [0.1, 0.15) is 20.8 Å². The third-order valence-corrected chi connectivity index (χ3v) is 2.64. The van der Waals surface area contributed by atoms with Gasteiger partial charge in [-0.05, 0) is 32.9 Å². The lowest BCUT2D eigenvalue weighted by Gasteiger charge is -2.20. The summed E-state index contributed by atoms with van der Waals surface area (Å²) in [6.45, 7) is 7.81. The Bertz CT molecular complexity index is 366. The molecule has 1 aromatic carbocycles.